The summed E-state index contributed by atoms with van der Waals surface area (Å²) < 4.78 is 2.04. The molecule has 34 heavy (non-hydrogen) atoms. The van der Waals surface area contributed by atoms with Crippen LogP contribution in [0.5, 0.6) is 0 Å². The number of nitrogens with zero attached hydrogens (tertiary/aromatic N) is 2. The maximum Gasteiger partial charge on any atom is 0.270 e. The summed E-state index contributed by atoms with van der Waals surface area (Å²) in [6.45, 7) is 9.16. The Morgan fingerprint density at radius 2 is 1.47 bits per heavy atom. The fourth-order valence-electron chi connectivity index (χ4n) is 4.38. The zero-order valence-electron chi connectivity index (χ0n) is 20.5. The number of nitrogens with one attached hydrogen (secondary N) is 1. The number of rotatable bonds is 8. The molecule has 3 aromatic carbocycles. The van der Waals surface area contributed by atoms with Crippen molar-refractivity contribution < 1.29 is 4.79 Å². The molecule has 4 rings (SSSR count). The van der Waals surface area contributed by atoms with Crippen molar-refractivity contribution in [3.8, 4) is 22.6 Å². The third kappa shape index (κ3) is 4.81. The smallest absolute Gasteiger partial charge is 0.270 e. The number of carbonyl (C=O) groups is 1. The van der Waals surface area contributed by atoms with Crippen LogP contribution in [-0.2, 0) is 6.54 Å². The first-order chi connectivity index (χ1) is 16.5. The van der Waals surface area contributed by atoms with Gasteiger partial charge in [-0.05, 0) is 36.5 Å². The van der Waals surface area contributed by atoms with E-state index < -0.39 is 0 Å². The van der Waals surface area contributed by atoms with Crippen LogP contribution in [0.1, 0.15) is 67.7 Å². The Labute approximate surface area is 202 Å². The van der Waals surface area contributed by atoms with E-state index in [4.69, 9.17) is 4.98 Å². The van der Waals surface area contributed by atoms with E-state index in [9.17, 15) is 4.79 Å². The highest BCUT2D eigenvalue weighted by Gasteiger charge is 2.26. The van der Waals surface area contributed by atoms with E-state index in [1.165, 1.54) is 5.56 Å². The largest absolute Gasteiger partial charge is 0.344 e. The summed E-state index contributed by atoms with van der Waals surface area (Å²) in [6, 6.07) is 28.6. The van der Waals surface area contributed by atoms with Gasteiger partial charge < -0.3 is 9.88 Å². The summed E-state index contributed by atoms with van der Waals surface area (Å²) in [5, 5.41) is 3.29. The number of benzene rings is 3. The molecular weight excluding hydrogens is 418 g/mol. The highest BCUT2D eigenvalue weighted by Crippen LogP contribution is 2.32. The van der Waals surface area contributed by atoms with Crippen LogP contribution < -0.4 is 5.32 Å². The van der Waals surface area contributed by atoms with Gasteiger partial charge in [-0.3, -0.25) is 4.79 Å². The van der Waals surface area contributed by atoms with Crippen LogP contribution in [-0.4, -0.2) is 15.5 Å². The van der Waals surface area contributed by atoms with Gasteiger partial charge in [0.25, 0.3) is 5.91 Å². The number of carbonyl (C=O) groups excluding carboxylic acids is 1. The van der Waals surface area contributed by atoms with E-state index in [-0.39, 0.29) is 11.9 Å². The summed E-state index contributed by atoms with van der Waals surface area (Å²) in [6.07, 6.45) is 0.805. The predicted molar refractivity (Wildman–Crippen MR) is 140 cm³/mol. The Hall–Kier alpha value is -3.66. The van der Waals surface area contributed by atoms with Gasteiger partial charge in [-0.1, -0.05) is 99.6 Å². The summed E-state index contributed by atoms with van der Waals surface area (Å²) in [5.74, 6) is 1.10. The molecule has 0 aliphatic rings. The lowest BCUT2D eigenvalue weighted by Gasteiger charge is -2.19. The maximum absolute atomic E-state index is 13.9. The molecule has 1 atom stereocenters. The van der Waals surface area contributed by atoms with E-state index >= 15 is 0 Å². The van der Waals surface area contributed by atoms with Gasteiger partial charge in [0.15, 0.2) is 0 Å². The van der Waals surface area contributed by atoms with Crippen molar-refractivity contribution in [2.24, 2.45) is 0 Å². The van der Waals surface area contributed by atoms with E-state index in [1.807, 2.05) is 59.2 Å². The predicted octanol–water partition coefficient (Wildman–Crippen LogP) is 7.24. The lowest BCUT2D eigenvalue weighted by atomic mass is 9.99. The molecule has 1 unspecified atom stereocenters. The van der Waals surface area contributed by atoms with Gasteiger partial charge in [-0.25, -0.2) is 4.98 Å². The first kappa shape index (κ1) is 23.5. The van der Waals surface area contributed by atoms with Crippen LogP contribution in [0.3, 0.4) is 0 Å². The number of aromatic nitrogens is 2. The van der Waals surface area contributed by atoms with Gasteiger partial charge >= 0.3 is 0 Å². The molecule has 0 fully saturated rings. The van der Waals surface area contributed by atoms with Crippen molar-refractivity contribution in [3.63, 3.8) is 0 Å². The SMILES string of the molecule is CCC(NC(=O)c1c(-c2cccc(C(C)C)c2)nc(-c2ccccc2)n1CC)c1ccccc1. The average molecular weight is 452 g/mol. The van der Waals surface area contributed by atoms with E-state index in [2.05, 4.69) is 63.3 Å². The molecule has 1 aromatic heterocycles. The second-order valence-corrected chi connectivity index (χ2v) is 8.87. The molecule has 0 saturated heterocycles. The lowest BCUT2D eigenvalue weighted by molar-refractivity contribution is 0.0927. The first-order valence-corrected chi connectivity index (χ1v) is 12.2. The monoisotopic (exact) mass is 451 g/mol. The van der Waals surface area contributed by atoms with Gasteiger partial charge in [-0.2, -0.15) is 0 Å². The second-order valence-electron chi connectivity index (χ2n) is 8.87. The van der Waals surface area contributed by atoms with E-state index in [1.54, 1.807) is 0 Å². The zero-order valence-corrected chi connectivity index (χ0v) is 20.5. The van der Waals surface area contributed by atoms with Gasteiger partial charge in [0.2, 0.25) is 0 Å². The van der Waals surface area contributed by atoms with Crippen LogP contribution in [0.25, 0.3) is 22.6 Å². The van der Waals surface area contributed by atoms with Gasteiger partial charge in [-0.15, -0.1) is 0 Å². The minimum atomic E-state index is -0.0998. The average Bonchev–Trinajstić information content (AvgIpc) is 3.28. The first-order valence-electron chi connectivity index (χ1n) is 12.2. The number of hydrogen-bond donors (Lipinski definition) is 1. The molecule has 1 N–H and O–H groups in total. The lowest BCUT2D eigenvalue weighted by Crippen LogP contribution is -2.30. The van der Waals surface area contributed by atoms with Crippen LogP contribution in [0.2, 0.25) is 0 Å². The summed E-state index contributed by atoms with van der Waals surface area (Å²) >= 11 is 0. The van der Waals surface area contributed by atoms with Crippen molar-refractivity contribution in [1.82, 2.24) is 14.9 Å². The van der Waals surface area contributed by atoms with Crippen molar-refractivity contribution in [3.05, 3.63) is 102 Å². The van der Waals surface area contributed by atoms with Crippen molar-refractivity contribution in [2.45, 2.75) is 52.6 Å². The molecule has 4 aromatic rings. The Morgan fingerprint density at radius 1 is 0.853 bits per heavy atom. The normalized spacial score (nSPS) is 12.0. The Kier molecular flexibility index (Phi) is 7.27. The fraction of sp³-hybridized carbons (Fsp3) is 0.267. The van der Waals surface area contributed by atoms with Gasteiger partial charge in [0, 0.05) is 17.7 Å². The molecule has 0 bridgehead atoms. The second kappa shape index (κ2) is 10.5. The standard InChI is InChI=1S/C30H33N3O/c1-5-26(22-14-9-7-10-15-22)31-30(34)28-27(25-19-13-18-24(20-25)21(3)4)32-29(33(28)6-2)23-16-11-8-12-17-23/h7-21,26H,5-6H2,1-4H3,(H,31,34). The molecule has 0 aliphatic heterocycles. The van der Waals surface area contributed by atoms with Crippen molar-refractivity contribution in [2.75, 3.05) is 0 Å². The Balaban J connectivity index is 1.85. The minimum Gasteiger partial charge on any atom is -0.344 e. The summed E-state index contributed by atoms with van der Waals surface area (Å²) in [5.41, 5.74) is 5.63. The molecule has 174 valence electrons. The van der Waals surface area contributed by atoms with Gasteiger partial charge in [0.1, 0.15) is 17.2 Å². The van der Waals surface area contributed by atoms with Gasteiger partial charge in [0.05, 0.1) is 6.04 Å². The third-order valence-electron chi connectivity index (χ3n) is 6.27. The molecule has 0 radical (unpaired) electrons. The topological polar surface area (TPSA) is 46.9 Å². The molecular formula is C30H33N3O. The Bertz CT molecular complexity index is 1240. The molecule has 0 spiro atoms. The quantitative estimate of drug-likeness (QED) is 0.307. The van der Waals surface area contributed by atoms with Crippen molar-refractivity contribution in [1.29, 1.82) is 0 Å². The molecule has 1 heterocycles. The van der Waals surface area contributed by atoms with Crippen molar-refractivity contribution >= 4 is 5.91 Å². The third-order valence-corrected chi connectivity index (χ3v) is 6.27. The highest BCUT2D eigenvalue weighted by atomic mass is 16.2. The van der Waals surface area contributed by atoms with Crippen LogP contribution in [0, 0.1) is 0 Å². The zero-order chi connectivity index (χ0) is 24.1. The minimum absolute atomic E-state index is 0.0658. The molecule has 4 heteroatoms. The van der Waals surface area contributed by atoms with Crippen LogP contribution in [0.4, 0.5) is 0 Å². The fourth-order valence-corrected chi connectivity index (χ4v) is 4.38. The number of amides is 1. The van der Waals surface area contributed by atoms with E-state index in [0.29, 0.717) is 18.2 Å². The molecule has 0 aliphatic carbocycles. The number of hydrogen-bond acceptors (Lipinski definition) is 2. The molecule has 0 saturated carbocycles. The van der Waals surface area contributed by atoms with Crippen LogP contribution in [0.15, 0.2) is 84.9 Å². The highest BCUT2D eigenvalue weighted by molar-refractivity contribution is 6.00. The molecule has 4 nitrogen and oxygen atoms in total. The summed E-state index contributed by atoms with van der Waals surface area (Å²) in [4.78, 5) is 18.9. The number of imidazole rings is 1. The molecule has 1 amide bonds. The van der Waals surface area contributed by atoms with E-state index in [0.717, 1.165) is 34.6 Å². The maximum atomic E-state index is 13.9. The summed E-state index contributed by atoms with van der Waals surface area (Å²) in [7, 11) is 0. The van der Waals surface area contributed by atoms with Crippen LogP contribution >= 0.6 is 0 Å². The Morgan fingerprint density at radius 3 is 2.09 bits per heavy atom.